The van der Waals surface area contributed by atoms with E-state index in [2.05, 4.69) is 31.9 Å². The number of fused-ring (bicyclic) bond motifs is 1. The number of nitrogens with zero attached hydrogens (tertiary/aromatic N) is 8. The van der Waals surface area contributed by atoms with Gasteiger partial charge in [0.15, 0.2) is 11.5 Å². The Hall–Kier alpha value is -4.02. The smallest absolute Gasteiger partial charge is 0.441 e. The van der Waals surface area contributed by atoms with Crippen molar-refractivity contribution in [1.29, 1.82) is 0 Å². The van der Waals surface area contributed by atoms with Crippen LogP contribution in [0.4, 0.5) is 0 Å². The van der Waals surface area contributed by atoms with Gasteiger partial charge < -0.3 is 9.30 Å². The van der Waals surface area contributed by atoms with Crippen LogP contribution in [0.1, 0.15) is 17.3 Å². The monoisotopic (exact) mass is 408 g/mol. The molecule has 0 saturated carbocycles. The third-order valence-electron chi connectivity index (χ3n) is 4.92. The first-order chi connectivity index (χ1) is 14.5. The molecule has 11 nitrogen and oxygen atoms in total. The molecule has 0 saturated heterocycles. The summed E-state index contributed by atoms with van der Waals surface area (Å²) in [5.74, 6) is 1.13. The van der Waals surface area contributed by atoms with Crippen molar-refractivity contribution < 1.29 is 9.26 Å². The fourth-order valence-corrected chi connectivity index (χ4v) is 3.34. The van der Waals surface area contributed by atoms with E-state index in [1.807, 2.05) is 23.6 Å². The molecule has 0 spiro atoms. The predicted octanol–water partition coefficient (Wildman–Crippen LogP) is 1.43. The van der Waals surface area contributed by atoms with E-state index in [9.17, 15) is 4.79 Å². The molecular formula is C19H20N8O3. The minimum Gasteiger partial charge on any atom is -0.480 e. The van der Waals surface area contributed by atoms with Crippen LogP contribution in [0.5, 0.6) is 0 Å². The summed E-state index contributed by atoms with van der Waals surface area (Å²) in [5, 5.41) is 7.85. The Morgan fingerprint density at radius 1 is 1.40 bits per heavy atom. The molecule has 0 unspecified atom stereocenters. The summed E-state index contributed by atoms with van der Waals surface area (Å²) in [7, 11) is 4.81. The lowest BCUT2D eigenvalue weighted by Crippen LogP contribution is -2.15. The quantitative estimate of drug-likeness (QED) is 0.364. The van der Waals surface area contributed by atoms with Crippen molar-refractivity contribution in [3.05, 3.63) is 52.4 Å². The molecule has 0 aliphatic rings. The molecule has 0 fully saturated rings. The lowest BCUT2D eigenvalue weighted by Gasteiger charge is -2.10. The highest BCUT2D eigenvalue weighted by atomic mass is 16.5. The van der Waals surface area contributed by atoms with Gasteiger partial charge in [0, 0.05) is 44.3 Å². The van der Waals surface area contributed by atoms with Gasteiger partial charge in [0.25, 0.3) is 0 Å². The number of imidazole rings is 1. The highest BCUT2D eigenvalue weighted by Crippen LogP contribution is 2.28. The van der Waals surface area contributed by atoms with Crippen molar-refractivity contribution in [2.45, 2.75) is 13.5 Å². The van der Waals surface area contributed by atoms with Crippen molar-refractivity contribution in [2.75, 3.05) is 14.2 Å². The third kappa shape index (κ3) is 3.00. The van der Waals surface area contributed by atoms with Gasteiger partial charge in [-0.1, -0.05) is 5.16 Å². The van der Waals surface area contributed by atoms with Crippen LogP contribution in [0, 0.1) is 6.92 Å². The molecule has 4 heterocycles. The Morgan fingerprint density at radius 3 is 2.83 bits per heavy atom. The van der Waals surface area contributed by atoms with Gasteiger partial charge in [-0.05, 0) is 19.1 Å². The topological polar surface area (TPSA) is 118 Å². The Morgan fingerprint density at radius 2 is 2.20 bits per heavy atom. The molecule has 30 heavy (non-hydrogen) atoms. The molecular weight excluding hydrogens is 388 g/mol. The average molecular weight is 408 g/mol. The second kappa shape index (κ2) is 7.43. The molecule has 4 aromatic heterocycles. The molecule has 0 aliphatic heterocycles. The minimum absolute atomic E-state index is 0.317. The number of aliphatic imine (C=N–C) groups is 1. The maximum absolute atomic E-state index is 11.6. The molecule has 11 heteroatoms. The van der Waals surface area contributed by atoms with Gasteiger partial charge in [0.2, 0.25) is 5.90 Å². The van der Waals surface area contributed by atoms with E-state index in [1.165, 1.54) is 4.57 Å². The van der Waals surface area contributed by atoms with Gasteiger partial charge in [-0.3, -0.25) is 14.1 Å². The van der Waals surface area contributed by atoms with E-state index in [-0.39, 0.29) is 0 Å². The average Bonchev–Trinajstić information content (AvgIpc) is 3.40. The van der Waals surface area contributed by atoms with E-state index in [1.54, 1.807) is 38.3 Å². The summed E-state index contributed by atoms with van der Waals surface area (Å²) in [6, 6.07) is 3.86. The summed E-state index contributed by atoms with van der Waals surface area (Å²) < 4.78 is 15.0. The van der Waals surface area contributed by atoms with Crippen LogP contribution in [0.2, 0.25) is 0 Å². The van der Waals surface area contributed by atoms with Crippen LogP contribution in [-0.4, -0.2) is 55.7 Å². The van der Waals surface area contributed by atoms with Crippen molar-refractivity contribution in [2.24, 2.45) is 17.1 Å². The maximum atomic E-state index is 11.6. The normalized spacial score (nSPS) is 11.9. The van der Waals surface area contributed by atoms with E-state index in [0.717, 1.165) is 22.5 Å². The van der Waals surface area contributed by atoms with Gasteiger partial charge in [-0.15, -0.1) is 0 Å². The Bertz CT molecular complexity index is 1340. The largest absolute Gasteiger partial charge is 0.480 e. The maximum Gasteiger partial charge on any atom is 0.441 e. The van der Waals surface area contributed by atoms with Crippen molar-refractivity contribution >= 4 is 23.8 Å². The van der Waals surface area contributed by atoms with Crippen LogP contribution in [0.25, 0.3) is 22.3 Å². The van der Waals surface area contributed by atoms with Gasteiger partial charge >= 0.3 is 5.76 Å². The zero-order chi connectivity index (χ0) is 21.4. The second-order valence-corrected chi connectivity index (χ2v) is 6.53. The summed E-state index contributed by atoms with van der Waals surface area (Å²) >= 11 is 0. The molecule has 0 aliphatic carbocycles. The van der Waals surface area contributed by atoms with Crippen molar-refractivity contribution in [1.82, 2.24) is 28.9 Å². The van der Waals surface area contributed by atoms with Gasteiger partial charge in [-0.2, -0.15) is 5.10 Å². The minimum atomic E-state index is -0.514. The van der Waals surface area contributed by atoms with Crippen LogP contribution < -0.4 is 5.76 Å². The lowest BCUT2D eigenvalue weighted by molar-refractivity contribution is 0.375. The van der Waals surface area contributed by atoms with Crippen molar-refractivity contribution in [3.63, 3.8) is 0 Å². The van der Waals surface area contributed by atoms with Crippen LogP contribution in [0.3, 0.4) is 0 Å². The molecule has 4 rings (SSSR count). The number of methoxy groups -OCH3 is 1. The number of aromatic nitrogens is 6. The number of aryl methyl sites for hydroxylation is 1. The lowest BCUT2D eigenvalue weighted by atomic mass is 10.1. The van der Waals surface area contributed by atoms with Crippen LogP contribution in [0.15, 0.2) is 43.9 Å². The van der Waals surface area contributed by atoms with E-state index >= 15 is 0 Å². The van der Waals surface area contributed by atoms with Crippen LogP contribution in [-0.2, 0) is 18.3 Å². The molecule has 0 aromatic carbocycles. The molecule has 0 radical (unpaired) electrons. The number of hydrogen-bond donors (Lipinski definition) is 0. The molecule has 4 aromatic rings. The zero-order valence-electron chi connectivity index (χ0n) is 17.0. The second-order valence-electron chi connectivity index (χ2n) is 6.53. The third-order valence-corrected chi connectivity index (χ3v) is 4.92. The zero-order valence-corrected chi connectivity index (χ0v) is 17.0. The standard InChI is InChI=1S/C19H20N8O3/c1-11-23-17-14(26(11)10-15-24-30-19(28)25(15)4)8-12(9-22-17)13-6-7-27(21-3)16(13)18(20-2)29-5/h6-9H,3,10H2,1-2,4-5H3. The molecule has 0 atom stereocenters. The first-order valence-electron chi connectivity index (χ1n) is 9.02. The highest BCUT2D eigenvalue weighted by Gasteiger charge is 2.19. The Balaban J connectivity index is 1.87. The first kappa shape index (κ1) is 19.3. The first-order valence-corrected chi connectivity index (χ1v) is 9.02. The van der Waals surface area contributed by atoms with Gasteiger partial charge in [-0.25, -0.2) is 19.4 Å². The number of rotatable bonds is 5. The molecule has 0 bridgehead atoms. The molecule has 0 N–H and O–H groups in total. The van der Waals surface area contributed by atoms with Crippen LogP contribution >= 0.6 is 0 Å². The highest BCUT2D eigenvalue weighted by molar-refractivity contribution is 6.00. The fraction of sp³-hybridized carbons (Fsp3) is 0.263. The Kier molecular flexibility index (Phi) is 4.78. The number of hydrogen-bond acceptors (Lipinski definition) is 8. The molecule has 154 valence electrons. The molecule has 0 amide bonds. The summed E-state index contributed by atoms with van der Waals surface area (Å²) in [6.45, 7) is 5.79. The Labute approximate surface area is 170 Å². The predicted molar refractivity (Wildman–Crippen MR) is 111 cm³/mol. The summed E-state index contributed by atoms with van der Waals surface area (Å²) in [6.07, 6.45) is 3.51. The van der Waals surface area contributed by atoms with E-state index in [4.69, 9.17) is 9.26 Å². The van der Waals surface area contributed by atoms with Gasteiger partial charge in [0.05, 0.1) is 19.2 Å². The summed E-state index contributed by atoms with van der Waals surface area (Å²) in [4.78, 5) is 24.8. The van der Waals surface area contributed by atoms with Gasteiger partial charge in [0.1, 0.15) is 11.5 Å². The SMILES string of the molecule is C=Nn1ccc(-c2cnc3nc(C)n(Cc4noc(=O)n4C)c3c2)c1C(=NC)OC. The fourth-order valence-electron chi connectivity index (χ4n) is 3.34. The number of pyridine rings is 1. The summed E-state index contributed by atoms with van der Waals surface area (Å²) in [5.41, 5.74) is 3.70. The van der Waals surface area contributed by atoms with Crippen molar-refractivity contribution in [3.8, 4) is 11.1 Å². The van der Waals surface area contributed by atoms with E-state index in [0.29, 0.717) is 29.6 Å². The number of ether oxygens (including phenoxy) is 1. The van der Waals surface area contributed by atoms with E-state index < -0.39 is 5.76 Å².